The van der Waals surface area contributed by atoms with Crippen LogP contribution in [0.3, 0.4) is 0 Å². The average Bonchev–Trinajstić information content (AvgIpc) is 3.49. The molecule has 0 saturated heterocycles. The Balaban J connectivity index is 1.35. The zero-order valence-electron chi connectivity index (χ0n) is 18.0. The molecular weight excluding hydrogens is 449 g/mol. The van der Waals surface area contributed by atoms with Crippen LogP contribution in [0.25, 0.3) is 33.6 Å². The van der Waals surface area contributed by atoms with Crippen LogP contribution < -0.4 is 4.90 Å². The molecule has 5 rings (SSSR count). The van der Waals surface area contributed by atoms with Crippen molar-refractivity contribution in [1.82, 2.24) is 35.2 Å². The summed E-state index contributed by atoms with van der Waals surface area (Å²) < 4.78 is 46.2. The van der Waals surface area contributed by atoms with Crippen molar-refractivity contribution in [2.24, 2.45) is 0 Å². The molecule has 34 heavy (non-hydrogen) atoms. The van der Waals surface area contributed by atoms with Crippen LogP contribution in [0.4, 0.5) is 19.1 Å². The molecule has 2 aromatic carbocycles. The van der Waals surface area contributed by atoms with Gasteiger partial charge in [0.1, 0.15) is 11.5 Å². The van der Waals surface area contributed by atoms with Gasteiger partial charge >= 0.3 is 6.43 Å². The lowest BCUT2D eigenvalue weighted by molar-refractivity contribution is 0.116. The third-order valence-corrected chi connectivity index (χ3v) is 5.04. The van der Waals surface area contributed by atoms with Gasteiger partial charge in [0.25, 0.3) is 11.8 Å². The van der Waals surface area contributed by atoms with Crippen molar-refractivity contribution >= 4 is 16.9 Å². The van der Waals surface area contributed by atoms with Crippen LogP contribution in [0.2, 0.25) is 0 Å². The lowest BCUT2D eigenvalue weighted by Crippen LogP contribution is -2.12. The predicted octanol–water partition coefficient (Wildman–Crippen LogP) is 4.13. The minimum Gasteiger partial charge on any atom is -0.415 e. The van der Waals surface area contributed by atoms with Crippen molar-refractivity contribution < 1.29 is 17.6 Å². The number of hydrogen-bond donors (Lipinski definition) is 0. The lowest BCUT2D eigenvalue weighted by atomic mass is 10.1. The Bertz CT molecular complexity index is 1480. The van der Waals surface area contributed by atoms with Gasteiger partial charge in [-0.2, -0.15) is 8.78 Å². The average molecular weight is 466 g/mol. The summed E-state index contributed by atoms with van der Waals surface area (Å²) in [6.07, 6.45) is 0.578. The molecule has 0 N–H and O–H groups in total. The molecule has 0 fully saturated rings. The Morgan fingerprint density at radius 1 is 1.06 bits per heavy atom. The van der Waals surface area contributed by atoms with E-state index in [4.69, 9.17) is 4.42 Å². The Morgan fingerprint density at radius 3 is 2.65 bits per heavy atom. The largest absolute Gasteiger partial charge is 0.415 e. The zero-order chi connectivity index (χ0) is 23.8. The van der Waals surface area contributed by atoms with Gasteiger partial charge < -0.3 is 9.32 Å². The maximum Gasteiger partial charge on any atom is 0.314 e. The fourth-order valence-electron chi connectivity index (χ4n) is 3.36. The molecule has 3 aromatic heterocycles. The minimum atomic E-state index is -2.92. The molecule has 3 heterocycles. The van der Waals surface area contributed by atoms with Gasteiger partial charge in [0.05, 0.1) is 23.8 Å². The number of rotatable bonds is 6. The first kappa shape index (κ1) is 21.5. The monoisotopic (exact) mass is 466 g/mol. The summed E-state index contributed by atoms with van der Waals surface area (Å²) in [6, 6.07) is 10.0. The van der Waals surface area contributed by atoms with Gasteiger partial charge in [-0.25, -0.2) is 19.0 Å². The molecule has 12 heteroatoms. The van der Waals surface area contributed by atoms with E-state index < -0.39 is 18.1 Å². The van der Waals surface area contributed by atoms with E-state index >= 15 is 0 Å². The second-order valence-electron chi connectivity index (χ2n) is 7.70. The van der Waals surface area contributed by atoms with Gasteiger partial charge in [0, 0.05) is 31.2 Å². The lowest BCUT2D eigenvalue weighted by Gasteiger charge is -2.10. The van der Waals surface area contributed by atoms with Crippen molar-refractivity contribution in [2.75, 3.05) is 19.0 Å². The molecular formula is C22H17F3N8O. The van der Waals surface area contributed by atoms with E-state index in [-0.39, 0.29) is 18.0 Å². The van der Waals surface area contributed by atoms with E-state index in [2.05, 4.69) is 30.5 Å². The molecule has 0 spiro atoms. The molecule has 0 atom stereocenters. The van der Waals surface area contributed by atoms with Gasteiger partial charge in [0.2, 0.25) is 5.95 Å². The Kier molecular flexibility index (Phi) is 5.40. The summed E-state index contributed by atoms with van der Waals surface area (Å²) >= 11 is 0. The molecule has 0 amide bonds. The zero-order valence-corrected chi connectivity index (χ0v) is 18.0. The van der Waals surface area contributed by atoms with Gasteiger partial charge in [-0.05, 0) is 29.8 Å². The van der Waals surface area contributed by atoms with Crippen molar-refractivity contribution in [2.45, 2.75) is 13.0 Å². The Morgan fingerprint density at radius 2 is 1.91 bits per heavy atom. The van der Waals surface area contributed by atoms with Crippen LogP contribution in [0, 0.1) is 5.82 Å². The first-order valence-corrected chi connectivity index (χ1v) is 10.1. The topological polar surface area (TPSA) is 98.7 Å². The molecule has 0 unspecified atom stereocenters. The molecule has 172 valence electrons. The highest BCUT2D eigenvalue weighted by atomic mass is 19.3. The summed E-state index contributed by atoms with van der Waals surface area (Å²) in [6.45, 7) is 0.249. The molecule has 0 bridgehead atoms. The van der Waals surface area contributed by atoms with E-state index in [1.165, 1.54) is 12.1 Å². The molecule has 9 nitrogen and oxygen atoms in total. The number of fused-ring (bicyclic) bond motifs is 1. The number of anilines is 1. The second-order valence-corrected chi connectivity index (χ2v) is 7.70. The van der Waals surface area contributed by atoms with Crippen LogP contribution in [0.5, 0.6) is 0 Å². The molecule has 0 saturated carbocycles. The number of halogens is 3. The van der Waals surface area contributed by atoms with Gasteiger partial charge in [-0.3, -0.25) is 0 Å². The number of benzene rings is 2. The predicted molar refractivity (Wildman–Crippen MR) is 117 cm³/mol. The second kappa shape index (κ2) is 8.54. The smallest absolute Gasteiger partial charge is 0.314 e. The highest BCUT2D eigenvalue weighted by molar-refractivity contribution is 5.83. The first-order chi connectivity index (χ1) is 16.4. The van der Waals surface area contributed by atoms with Crippen LogP contribution in [0.1, 0.15) is 17.9 Å². The van der Waals surface area contributed by atoms with E-state index in [9.17, 15) is 13.2 Å². The van der Waals surface area contributed by atoms with Gasteiger partial charge in [-0.15, -0.1) is 15.3 Å². The third kappa shape index (κ3) is 4.17. The fraction of sp³-hybridized carbons (Fsp3) is 0.182. The van der Waals surface area contributed by atoms with Crippen molar-refractivity contribution in [3.63, 3.8) is 0 Å². The van der Waals surface area contributed by atoms with Crippen LogP contribution >= 0.6 is 0 Å². The van der Waals surface area contributed by atoms with Crippen molar-refractivity contribution in [1.29, 1.82) is 0 Å². The maximum atomic E-state index is 14.6. The summed E-state index contributed by atoms with van der Waals surface area (Å²) in [4.78, 5) is 10.7. The Hall–Kier alpha value is -4.35. The number of nitrogens with zero attached hydrogens (tertiary/aromatic N) is 8. The van der Waals surface area contributed by atoms with E-state index in [0.29, 0.717) is 17.2 Å². The third-order valence-electron chi connectivity index (χ3n) is 5.04. The minimum absolute atomic E-state index is 0.0572. The standard InChI is InChI=1S/C22H17F3N8O/c1-32(2)22-26-9-14-8-13(4-6-17(14)27-22)18-11-33(31-28-18)10-12-3-5-15(16(23)7-12)20-29-30-21(34-20)19(24)25/h3-9,11,19H,10H2,1-2H3. The summed E-state index contributed by atoms with van der Waals surface area (Å²) in [5, 5.41) is 15.9. The van der Waals surface area contributed by atoms with Crippen LogP contribution in [0.15, 0.2) is 53.2 Å². The van der Waals surface area contributed by atoms with Gasteiger partial charge in [-0.1, -0.05) is 17.3 Å². The van der Waals surface area contributed by atoms with Crippen LogP contribution in [-0.4, -0.2) is 49.3 Å². The normalized spacial score (nSPS) is 11.5. The van der Waals surface area contributed by atoms with E-state index in [1.807, 2.05) is 37.2 Å². The number of aromatic nitrogens is 7. The summed E-state index contributed by atoms with van der Waals surface area (Å²) in [5.74, 6) is -1.21. The van der Waals surface area contributed by atoms with Gasteiger partial charge in [0.15, 0.2) is 0 Å². The van der Waals surface area contributed by atoms with Crippen molar-refractivity contribution in [3.8, 4) is 22.7 Å². The fourth-order valence-corrected chi connectivity index (χ4v) is 3.36. The quantitative estimate of drug-likeness (QED) is 0.368. The maximum absolute atomic E-state index is 14.6. The Labute approximate surface area is 190 Å². The molecule has 5 aromatic rings. The summed E-state index contributed by atoms with van der Waals surface area (Å²) in [7, 11) is 3.75. The van der Waals surface area contributed by atoms with Crippen molar-refractivity contribution in [3.05, 3.63) is 66.1 Å². The van der Waals surface area contributed by atoms with E-state index in [0.717, 1.165) is 16.5 Å². The number of alkyl halides is 2. The summed E-state index contributed by atoms with van der Waals surface area (Å²) in [5.41, 5.74) is 2.83. The SMILES string of the molecule is CN(C)c1ncc2cc(-c3cn(Cc4ccc(-c5nnc(C(F)F)o5)c(F)c4)nn3)ccc2n1. The highest BCUT2D eigenvalue weighted by Crippen LogP contribution is 2.27. The molecule has 0 radical (unpaired) electrons. The van der Waals surface area contributed by atoms with Crippen LogP contribution in [-0.2, 0) is 6.54 Å². The molecule has 0 aliphatic rings. The first-order valence-electron chi connectivity index (χ1n) is 10.1. The molecule has 0 aliphatic heterocycles. The molecule has 0 aliphatic carbocycles. The highest BCUT2D eigenvalue weighted by Gasteiger charge is 2.19. The number of hydrogen-bond acceptors (Lipinski definition) is 8. The van der Waals surface area contributed by atoms with E-state index in [1.54, 1.807) is 23.1 Å².